The molecule has 1 amide bonds. The van der Waals surface area contributed by atoms with Gasteiger partial charge in [-0.3, -0.25) is 4.79 Å². The maximum atomic E-state index is 12.4. The molecule has 0 aliphatic rings. The molecule has 1 heterocycles. The van der Waals surface area contributed by atoms with Crippen molar-refractivity contribution in [3.8, 4) is 5.75 Å². The monoisotopic (exact) mass is 370 g/mol. The zero-order valence-corrected chi connectivity index (χ0v) is 14.6. The Morgan fingerprint density at radius 1 is 1.36 bits per heavy atom. The highest BCUT2D eigenvalue weighted by Gasteiger charge is 2.13. The standard InChI is InChI=1S/C16H20F2N4O2S/c1-2-3-6-9-22-11-19-21-16(22)25-10-14(23)20-12-7-4-5-8-13(12)24-15(17)18/h4-5,7-8,11,15H,2-3,6,9-10H2,1H3,(H,20,23). The van der Waals surface area contributed by atoms with Gasteiger partial charge in [-0.2, -0.15) is 8.78 Å². The van der Waals surface area contributed by atoms with E-state index in [2.05, 4.69) is 27.2 Å². The van der Waals surface area contributed by atoms with Crippen molar-refractivity contribution in [2.24, 2.45) is 0 Å². The Morgan fingerprint density at radius 3 is 2.92 bits per heavy atom. The van der Waals surface area contributed by atoms with Gasteiger partial charge in [0.25, 0.3) is 0 Å². The van der Waals surface area contributed by atoms with Gasteiger partial charge in [0.2, 0.25) is 5.91 Å². The number of halogens is 2. The normalized spacial score (nSPS) is 10.9. The van der Waals surface area contributed by atoms with Gasteiger partial charge in [-0.1, -0.05) is 43.7 Å². The lowest BCUT2D eigenvalue weighted by atomic mass is 10.2. The summed E-state index contributed by atoms with van der Waals surface area (Å²) >= 11 is 1.25. The molecule has 1 N–H and O–H groups in total. The maximum Gasteiger partial charge on any atom is 0.387 e. The Morgan fingerprint density at radius 2 is 2.16 bits per heavy atom. The largest absolute Gasteiger partial charge is 0.433 e. The lowest BCUT2D eigenvalue weighted by molar-refractivity contribution is -0.113. The zero-order valence-electron chi connectivity index (χ0n) is 13.8. The fourth-order valence-corrected chi connectivity index (χ4v) is 2.87. The summed E-state index contributed by atoms with van der Waals surface area (Å²) < 4.78 is 31.1. The molecule has 0 bridgehead atoms. The van der Waals surface area contributed by atoms with E-state index in [4.69, 9.17) is 0 Å². The van der Waals surface area contributed by atoms with Crippen LogP contribution in [0.5, 0.6) is 5.75 Å². The van der Waals surface area contributed by atoms with E-state index < -0.39 is 6.61 Å². The number of thioether (sulfide) groups is 1. The number of benzene rings is 1. The van der Waals surface area contributed by atoms with Gasteiger partial charge in [-0.25, -0.2) is 0 Å². The molecular weight excluding hydrogens is 350 g/mol. The Kier molecular flexibility index (Phi) is 7.65. The molecule has 0 radical (unpaired) electrons. The first kappa shape index (κ1) is 19.2. The van der Waals surface area contributed by atoms with Gasteiger partial charge in [-0.15, -0.1) is 10.2 Å². The van der Waals surface area contributed by atoms with Crippen LogP contribution in [-0.4, -0.2) is 33.0 Å². The van der Waals surface area contributed by atoms with Gasteiger partial charge < -0.3 is 14.6 Å². The average molecular weight is 370 g/mol. The fraction of sp³-hybridized carbons (Fsp3) is 0.438. The van der Waals surface area contributed by atoms with Gasteiger partial charge in [0.15, 0.2) is 5.16 Å². The molecule has 136 valence electrons. The summed E-state index contributed by atoms with van der Waals surface area (Å²) in [6.45, 7) is -0.0217. The number of rotatable bonds is 10. The summed E-state index contributed by atoms with van der Waals surface area (Å²) in [5.41, 5.74) is 0.206. The van der Waals surface area contributed by atoms with Crippen molar-refractivity contribution in [1.82, 2.24) is 14.8 Å². The summed E-state index contributed by atoms with van der Waals surface area (Å²) in [4.78, 5) is 12.1. The molecule has 6 nitrogen and oxygen atoms in total. The Hall–Kier alpha value is -2.16. The van der Waals surface area contributed by atoms with Crippen molar-refractivity contribution in [2.45, 2.75) is 44.5 Å². The Bertz CT molecular complexity index is 682. The molecule has 0 spiro atoms. The van der Waals surface area contributed by atoms with Gasteiger partial charge in [-0.05, 0) is 18.6 Å². The zero-order chi connectivity index (χ0) is 18.1. The summed E-state index contributed by atoms with van der Waals surface area (Å²) in [5.74, 6) is -0.313. The summed E-state index contributed by atoms with van der Waals surface area (Å²) in [7, 11) is 0. The highest BCUT2D eigenvalue weighted by Crippen LogP contribution is 2.26. The molecule has 25 heavy (non-hydrogen) atoms. The van der Waals surface area contributed by atoms with Gasteiger partial charge in [0, 0.05) is 6.54 Å². The molecule has 0 saturated carbocycles. The molecule has 0 aliphatic heterocycles. The van der Waals surface area contributed by atoms with Gasteiger partial charge in [0.1, 0.15) is 12.1 Å². The van der Waals surface area contributed by atoms with Crippen LogP contribution in [0.15, 0.2) is 35.7 Å². The maximum absolute atomic E-state index is 12.4. The number of aryl methyl sites for hydroxylation is 1. The van der Waals surface area contributed by atoms with Gasteiger partial charge in [0.05, 0.1) is 11.4 Å². The van der Waals surface area contributed by atoms with Crippen molar-refractivity contribution < 1.29 is 18.3 Å². The first-order chi connectivity index (χ1) is 12.1. The van der Waals surface area contributed by atoms with Crippen LogP contribution >= 0.6 is 11.8 Å². The lowest BCUT2D eigenvalue weighted by Crippen LogP contribution is -2.16. The Labute approximate surface area is 149 Å². The number of ether oxygens (including phenoxy) is 1. The van der Waals surface area contributed by atoms with Crippen LogP contribution in [0.4, 0.5) is 14.5 Å². The number of hydrogen-bond donors (Lipinski definition) is 1. The fourth-order valence-electron chi connectivity index (χ4n) is 2.13. The van der Waals surface area contributed by atoms with Crippen molar-refractivity contribution in [3.63, 3.8) is 0 Å². The van der Waals surface area contributed by atoms with E-state index in [1.807, 2.05) is 4.57 Å². The molecule has 0 unspecified atom stereocenters. The second-order valence-electron chi connectivity index (χ2n) is 5.23. The van der Waals surface area contributed by atoms with Crippen LogP contribution in [0.3, 0.4) is 0 Å². The van der Waals surface area contributed by atoms with E-state index >= 15 is 0 Å². The number of unbranched alkanes of at least 4 members (excludes halogenated alkanes) is 2. The first-order valence-electron chi connectivity index (χ1n) is 7.94. The third kappa shape index (κ3) is 6.33. The first-order valence-corrected chi connectivity index (χ1v) is 8.93. The number of carbonyl (C=O) groups is 1. The van der Waals surface area contributed by atoms with E-state index in [0.29, 0.717) is 5.16 Å². The Balaban J connectivity index is 1.88. The van der Waals surface area contributed by atoms with Crippen LogP contribution in [0.25, 0.3) is 0 Å². The number of para-hydroxylation sites is 2. The SMILES string of the molecule is CCCCCn1cnnc1SCC(=O)Nc1ccccc1OC(F)F. The van der Waals surface area contributed by atoms with Crippen LogP contribution in [0.1, 0.15) is 26.2 Å². The van der Waals surface area contributed by atoms with Gasteiger partial charge >= 0.3 is 6.61 Å². The number of amides is 1. The third-order valence-electron chi connectivity index (χ3n) is 3.29. The molecule has 2 rings (SSSR count). The molecule has 2 aromatic rings. The number of carbonyl (C=O) groups excluding carboxylic acids is 1. The molecule has 1 aromatic carbocycles. The van der Waals surface area contributed by atoms with E-state index in [9.17, 15) is 13.6 Å². The topological polar surface area (TPSA) is 69.0 Å². The van der Waals surface area contributed by atoms with Crippen LogP contribution in [0.2, 0.25) is 0 Å². The number of hydrogen-bond acceptors (Lipinski definition) is 5. The molecule has 1 aromatic heterocycles. The molecule has 0 aliphatic carbocycles. The van der Waals surface area contributed by atoms with E-state index in [1.165, 1.54) is 23.9 Å². The van der Waals surface area contributed by atoms with E-state index in [-0.39, 0.29) is 23.1 Å². The van der Waals surface area contributed by atoms with Crippen LogP contribution in [0, 0.1) is 0 Å². The van der Waals surface area contributed by atoms with Crippen molar-refractivity contribution in [2.75, 3.05) is 11.1 Å². The second kappa shape index (κ2) is 9.97. The minimum atomic E-state index is -2.95. The van der Waals surface area contributed by atoms with E-state index in [0.717, 1.165) is 25.8 Å². The van der Waals surface area contributed by atoms with Crippen molar-refractivity contribution >= 4 is 23.4 Å². The summed E-state index contributed by atoms with van der Waals surface area (Å²) in [6.07, 6.45) is 4.89. The molecule has 0 atom stereocenters. The number of nitrogens with one attached hydrogen (secondary N) is 1. The van der Waals surface area contributed by atoms with Crippen LogP contribution in [-0.2, 0) is 11.3 Å². The van der Waals surface area contributed by atoms with Crippen molar-refractivity contribution in [3.05, 3.63) is 30.6 Å². The predicted molar refractivity (Wildman–Crippen MR) is 92.0 cm³/mol. The molecule has 0 saturated heterocycles. The minimum Gasteiger partial charge on any atom is -0.433 e. The third-order valence-corrected chi connectivity index (χ3v) is 4.27. The molecular formula is C16H20F2N4O2S. The van der Waals surface area contributed by atoms with Crippen LogP contribution < -0.4 is 10.1 Å². The quantitative estimate of drug-likeness (QED) is 0.509. The summed E-state index contributed by atoms with van der Waals surface area (Å²) in [5, 5.41) is 11.1. The molecule has 9 heteroatoms. The minimum absolute atomic E-state index is 0.0708. The van der Waals surface area contributed by atoms with E-state index in [1.54, 1.807) is 18.5 Å². The number of aromatic nitrogens is 3. The summed E-state index contributed by atoms with van der Waals surface area (Å²) in [6, 6.07) is 6.07. The number of nitrogens with zero attached hydrogens (tertiary/aromatic N) is 3. The predicted octanol–water partition coefficient (Wildman–Crippen LogP) is 3.80. The highest BCUT2D eigenvalue weighted by molar-refractivity contribution is 7.99. The second-order valence-corrected chi connectivity index (χ2v) is 6.17. The smallest absolute Gasteiger partial charge is 0.387 e. The van der Waals surface area contributed by atoms with Crippen molar-refractivity contribution in [1.29, 1.82) is 0 Å². The lowest BCUT2D eigenvalue weighted by Gasteiger charge is -2.11. The number of alkyl halides is 2. The average Bonchev–Trinajstić information content (AvgIpc) is 3.02. The number of anilines is 1. The molecule has 0 fully saturated rings. The highest BCUT2D eigenvalue weighted by atomic mass is 32.2.